The molecule has 2 aromatic carbocycles. The maximum absolute atomic E-state index is 11.9. The maximum Gasteiger partial charge on any atom is 0.240 e. The van der Waals surface area contributed by atoms with Crippen LogP contribution in [0.1, 0.15) is 43.2 Å². The fourth-order valence-corrected chi connectivity index (χ4v) is 3.78. The van der Waals surface area contributed by atoms with Crippen LogP contribution in [0.4, 0.5) is 0 Å². The van der Waals surface area contributed by atoms with E-state index in [0.717, 1.165) is 0 Å². The molecular formula is C23H26Br2N4O6. The van der Waals surface area contributed by atoms with Gasteiger partial charge in [-0.25, -0.2) is 10.9 Å². The van der Waals surface area contributed by atoms with Crippen LogP contribution in [0, 0.1) is 0 Å². The summed E-state index contributed by atoms with van der Waals surface area (Å²) in [7, 11) is 2.88. The third-order valence-corrected chi connectivity index (χ3v) is 5.86. The van der Waals surface area contributed by atoms with E-state index >= 15 is 0 Å². The first kappa shape index (κ1) is 28.1. The minimum Gasteiger partial charge on any atom is -0.503 e. The van der Waals surface area contributed by atoms with Gasteiger partial charge in [0, 0.05) is 12.8 Å². The second-order valence-electron chi connectivity index (χ2n) is 7.25. The van der Waals surface area contributed by atoms with Crippen molar-refractivity contribution in [1.29, 1.82) is 0 Å². The van der Waals surface area contributed by atoms with Crippen molar-refractivity contribution in [2.75, 3.05) is 14.2 Å². The van der Waals surface area contributed by atoms with Crippen LogP contribution >= 0.6 is 31.9 Å². The highest BCUT2D eigenvalue weighted by Crippen LogP contribution is 2.35. The minimum atomic E-state index is -0.240. The molecule has 0 aliphatic carbocycles. The van der Waals surface area contributed by atoms with Crippen molar-refractivity contribution in [1.82, 2.24) is 10.9 Å². The average molecular weight is 614 g/mol. The summed E-state index contributed by atoms with van der Waals surface area (Å²) in [5, 5.41) is 27.4. The number of unbranched alkanes of at least 4 members (excludes halogenated alkanes) is 2. The number of carbonyl (C=O) groups excluding carboxylic acids is 2. The van der Waals surface area contributed by atoms with Crippen LogP contribution in [-0.2, 0) is 9.59 Å². The molecule has 10 nitrogen and oxygen atoms in total. The van der Waals surface area contributed by atoms with Crippen molar-refractivity contribution in [2.24, 2.45) is 10.2 Å². The third-order valence-electron chi connectivity index (χ3n) is 4.65. The molecule has 0 saturated carbocycles. The Morgan fingerprint density at radius 1 is 0.800 bits per heavy atom. The van der Waals surface area contributed by atoms with Gasteiger partial charge in [-0.15, -0.1) is 0 Å². The molecule has 0 fully saturated rings. The highest BCUT2D eigenvalue weighted by molar-refractivity contribution is 9.10. The number of hydrazone groups is 2. The first-order chi connectivity index (χ1) is 16.7. The van der Waals surface area contributed by atoms with Gasteiger partial charge in [-0.05, 0) is 80.1 Å². The predicted octanol–water partition coefficient (Wildman–Crippen LogP) is 4.19. The van der Waals surface area contributed by atoms with E-state index in [1.54, 1.807) is 24.3 Å². The van der Waals surface area contributed by atoms with Crippen LogP contribution in [0.2, 0.25) is 0 Å². The summed E-state index contributed by atoms with van der Waals surface area (Å²) in [4.78, 5) is 23.8. The van der Waals surface area contributed by atoms with Crippen LogP contribution in [0.25, 0.3) is 0 Å². The van der Waals surface area contributed by atoms with Gasteiger partial charge in [0.05, 0.1) is 35.6 Å². The molecule has 2 amide bonds. The quantitative estimate of drug-likeness (QED) is 0.161. The number of nitrogens with one attached hydrogen (secondary N) is 2. The second-order valence-corrected chi connectivity index (χ2v) is 8.96. The monoisotopic (exact) mass is 612 g/mol. The SMILES string of the molecule is COc1cc(/C=N/NC(=O)CCCCCC(=O)N/N=C/c2cc(Br)c(O)c(OC)c2)cc(Br)c1O. The second kappa shape index (κ2) is 14.3. The molecule has 0 unspecified atom stereocenters. The van der Waals surface area contributed by atoms with Gasteiger partial charge in [0.15, 0.2) is 23.0 Å². The molecule has 4 N–H and O–H groups in total. The fourth-order valence-electron chi connectivity index (χ4n) is 2.87. The molecular weight excluding hydrogens is 588 g/mol. The maximum atomic E-state index is 11.9. The topological polar surface area (TPSA) is 142 Å². The molecule has 0 aliphatic heterocycles. The van der Waals surface area contributed by atoms with E-state index in [0.29, 0.717) is 39.3 Å². The molecule has 0 bridgehead atoms. The number of nitrogens with zero attached hydrogens (tertiary/aromatic N) is 2. The number of carbonyl (C=O) groups is 2. The molecule has 0 heterocycles. The normalized spacial score (nSPS) is 11.1. The largest absolute Gasteiger partial charge is 0.503 e. The number of hydrogen-bond acceptors (Lipinski definition) is 8. The number of phenolic OH excluding ortho intramolecular Hbond substituents is 2. The number of phenols is 2. The minimum absolute atomic E-state index is 0.0135. The van der Waals surface area contributed by atoms with E-state index in [2.05, 4.69) is 52.9 Å². The average Bonchev–Trinajstić information content (AvgIpc) is 2.83. The molecule has 0 spiro atoms. The molecule has 0 atom stereocenters. The Labute approximate surface area is 219 Å². The van der Waals surface area contributed by atoms with Gasteiger partial charge in [0.1, 0.15) is 0 Å². The molecule has 12 heteroatoms. The lowest BCUT2D eigenvalue weighted by Crippen LogP contribution is -2.18. The van der Waals surface area contributed by atoms with Crippen molar-refractivity contribution in [3.8, 4) is 23.0 Å². The zero-order valence-electron chi connectivity index (χ0n) is 19.2. The van der Waals surface area contributed by atoms with Crippen LogP contribution in [0.3, 0.4) is 0 Å². The third kappa shape index (κ3) is 9.21. The Morgan fingerprint density at radius 2 is 1.20 bits per heavy atom. The van der Waals surface area contributed by atoms with E-state index in [-0.39, 0.29) is 47.7 Å². The molecule has 0 aliphatic rings. The van der Waals surface area contributed by atoms with Crippen LogP contribution in [-0.4, -0.2) is 48.7 Å². The van der Waals surface area contributed by atoms with Gasteiger partial charge in [-0.3, -0.25) is 9.59 Å². The lowest BCUT2D eigenvalue weighted by atomic mass is 10.1. The Kier molecular flexibility index (Phi) is 11.5. The molecule has 35 heavy (non-hydrogen) atoms. The summed E-state index contributed by atoms with van der Waals surface area (Å²) < 4.78 is 11.0. The highest BCUT2D eigenvalue weighted by Gasteiger charge is 2.09. The Hall–Kier alpha value is -3.12. The van der Waals surface area contributed by atoms with Crippen molar-refractivity contribution < 1.29 is 29.3 Å². The number of halogens is 2. The highest BCUT2D eigenvalue weighted by atomic mass is 79.9. The summed E-state index contributed by atoms with van der Waals surface area (Å²) in [6.07, 6.45) is 5.35. The first-order valence-corrected chi connectivity index (χ1v) is 12.1. The summed E-state index contributed by atoms with van der Waals surface area (Å²) in [5.74, 6) is 0.0677. The van der Waals surface area contributed by atoms with Gasteiger partial charge in [0.25, 0.3) is 0 Å². The van der Waals surface area contributed by atoms with Crippen molar-refractivity contribution in [2.45, 2.75) is 32.1 Å². The molecule has 2 aromatic rings. The number of rotatable bonds is 12. The summed E-state index contributed by atoms with van der Waals surface area (Å²) in [6.45, 7) is 0. The number of benzene rings is 2. The zero-order valence-corrected chi connectivity index (χ0v) is 22.3. The standard InChI is InChI=1S/C23H26Br2N4O6/c1-34-18-10-14(8-16(24)22(18)32)12-26-28-20(30)6-4-3-5-7-21(31)29-27-13-15-9-17(25)23(33)19(11-15)35-2/h8-13,32-33H,3-7H2,1-2H3,(H,28,30)(H,29,31)/b26-12+,27-13+. The Morgan fingerprint density at radius 3 is 1.57 bits per heavy atom. The van der Waals surface area contributed by atoms with Crippen LogP contribution in [0.5, 0.6) is 23.0 Å². The van der Waals surface area contributed by atoms with Gasteiger partial charge >= 0.3 is 0 Å². The van der Waals surface area contributed by atoms with Crippen molar-refractivity contribution in [3.05, 3.63) is 44.3 Å². The smallest absolute Gasteiger partial charge is 0.240 e. The Bertz CT molecular complexity index is 1020. The van der Waals surface area contributed by atoms with E-state index in [1.807, 2.05) is 0 Å². The summed E-state index contributed by atoms with van der Waals surface area (Å²) in [6, 6.07) is 6.46. The molecule has 0 radical (unpaired) electrons. The summed E-state index contributed by atoms with van der Waals surface area (Å²) in [5.41, 5.74) is 6.17. The van der Waals surface area contributed by atoms with Crippen LogP contribution < -0.4 is 20.3 Å². The van der Waals surface area contributed by atoms with E-state index in [1.165, 1.54) is 26.6 Å². The first-order valence-electron chi connectivity index (χ1n) is 10.5. The number of methoxy groups -OCH3 is 2. The lowest BCUT2D eigenvalue weighted by Gasteiger charge is -2.06. The van der Waals surface area contributed by atoms with Crippen molar-refractivity contribution >= 4 is 56.1 Å². The molecule has 0 aromatic heterocycles. The van der Waals surface area contributed by atoms with Gasteiger partial charge in [0.2, 0.25) is 11.8 Å². The van der Waals surface area contributed by atoms with Crippen LogP contribution in [0.15, 0.2) is 43.4 Å². The van der Waals surface area contributed by atoms with Gasteiger partial charge in [-0.1, -0.05) is 6.42 Å². The van der Waals surface area contributed by atoms with E-state index in [4.69, 9.17) is 9.47 Å². The zero-order chi connectivity index (χ0) is 25.8. The van der Waals surface area contributed by atoms with E-state index in [9.17, 15) is 19.8 Å². The Balaban J connectivity index is 1.65. The fraction of sp³-hybridized carbons (Fsp3) is 0.304. The lowest BCUT2D eigenvalue weighted by molar-refractivity contribution is -0.121. The summed E-state index contributed by atoms with van der Waals surface area (Å²) >= 11 is 6.44. The van der Waals surface area contributed by atoms with Gasteiger partial charge in [-0.2, -0.15) is 10.2 Å². The molecule has 188 valence electrons. The van der Waals surface area contributed by atoms with Crippen molar-refractivity contribution in [3.63, 3.8) is 0 Å². The number of hydrogen-bond donors (Lipinski definition) is 4. The molecule has 2 rings (SSSR count). The van der Waals surface area contributed by atoms with Gasteiger partial charge < -0.3 is 19.7 Å². The number of amides is 2. The van der Waals surface area contributed by atoms with E-state index < -0.39 is 0 Å². The molecule has 0 saturated heterocycles. The number of ether oxygens (including phenoxy) is 2. The predicted molar refractivity (Wildman–Crippen MR) is 139 cm³/mol. The number of aromatic hydroxyl groups is 2.